The maximum atomic E-state index is 8.08. The van der Waals surface area contributed by atoms with E-state index < -0.39 is 0 Å². The highest BCUT2D eigenvalue weighted by Gasteiger charge is 2.21. The summed E-state index contributed by atoms with van der Waals surface area (Å²) < 4.78 is 14.8. The summed E-state index contributed by atoms with van der Waals surface area (Å²) in [5, 5.41) is 8.08. The summed E-state index contributed by atoms with van der Waals surface area (Å²) in [6, 6.07) is 0. The molecular weight excluding hydrogens is 184 g/mol. The van der Waals surface area contributed by atoms with Gasteiger partial charge in [-0.05, 0) is 6.42 Å². The van der Waals surface area contributed by atoms with Gasteiger partial charge in [-0.15, -0.1) is 0 Å². The van der Waals surface area contributed by atoms with Gasteiger partial charge in [0.1, 0.15) is 12.2 Å². The standard InChI is InChI=1S/C7H14O2.C3H6O2/c1-2-3-4-8-5-7-6-9-7;4-1-3-2-5-3/h7H,2-6H2,1H3;3-4H,1-2H2. The molecular formula is C10H20O4. The summed E-state index contributed by atoms with van der Waals surface area (Å²) in [6.07, 6.45) is 3.01. The number of aliphatic hydroxyl groups excluding tert-OH is 1. The van der Waals surface area contributed by atoms with E-state index in [9.17, 15) is 0 Å². The lowest BCUT2D eigenvalue weighted by molar-refractivity contribution is 0.114. The van der Waals surface area contributed by atoms with Gasteiger partial charge < -0.3 is 19.3 Å². The number of hydrogen-bond donors (Lipinski definition) is 1. The number of epoxide rings is 2. The van der Waals surface area contributed by atoms with Crippen LogP contribution in [0.4, 0.5) is 0 Å². The molecule has 2 atom stereocenters. The third-order valence-electron chi connectivity index (χ3n) is 1.95. The fourth-order valence-electron chi connectivity index (χ4n) is 0.799. The smallest absolute Gasteiger partial charge is 0.104 e. The Bertz CT molecular complexity index is 132. The topological polar surface area (TPSA) is 54.5 Å². The monoisotopic (exact) mass is 204 g/mol. The van der Waals surface area contributed by atoms with Crippen molar-refractivity contribution < 1.29 is 19.3 Å². The Balaban J connectivity index is 0.000000165. The van der Waals surface area contributed by atoms with E-state index in [1.54, 1.807) is 0 Å². The Morgan fingerprint density at radius 1 is 1.29 bits per heavy atom. The van der Waals surface area contributed by atoms with E-state index in [0.29, 0.717) is 6.10 Å². The first kappa shape index (κ1) is 11.9. The predicted molar refractivity (Wildman–Crippen MR) is 52.3 cm³/mol. The van der Waals surface area contributed by atoms with Crippen LogP contribution in [0.5, 0.6) is 0 Å². The van der Waals surface area contributed by atoms with E-state index in [2.05, 4.69) is 11.7 Å². The number of aliphatic hydroxyl groups is 1. The van der Waals surface area contributed by atoms with Crippen molar-refractivity contribution in [2.75, 3.05) is 33.0 Å². The summed E-state index contributed by atoms with van der Waals surface area (Å²) >= 11 is 0. The molecule has 0 radical (unpaired) electrons. The molecule has 4 nitrogen and oxygen atoms in total. The van der Waals surface area contributed by atoms with Gasteiger partial charge in [0.2, 0.25) is 0 Å². The normalized spacial score (nSPS) is 27.9. The number of unbranched alkanes of at least 4 members (excludes halogenated alkanes) is 1. The van der Waals surface area contributed by atoms with Gasteiger partial charge >= 0.3 is 0 Å². The minimum Gasteiger partial charge on any atom is -0.394 e. The van der Waals surface area contributed by atoms with Crippen molar-refractivity contribution in [2.45, 2.75) is 32.0 Å². The first-order valence-corrected chi connectivity index (χ1v) is 5.28. The van der Waals surface area contributed by atoms with Crippen molar-refractivity contribution in [1.29, 1.82) is 0 Å². The number of rotatable bonds is 6. The van der Waals surface area contributed by atoms with Crippen LogP contribution in [0.1, 0.15) is 19.8 Å². The second kappa shape index (κ2) is 7.17. The lowest BCUT2D eigenvalue weighted by Gasteiger charge is -1.97. The molecule has 2 saturated heterocycles. The molecule has 2 aliphatic rings. The molecule has 84 valence electrons. The Labute approximate surface area is 85.2 Å². The molecule has 0 aromatic heterocycles. The lowest BCUT2D eigenvalue weighted by atomic mass is 10.4. The van der Waals surface area contributed by atoms with Crippen molar-refractivity contribution in [2.24, 2.45) is 0 Å². The first-order valence-electron chi connectivity index (χ1n) is 5.28. The van der Waals surface area contributed by atoms with Crippen LogP contribution < -0.4 is 0 Å². The van der Waals surface area contributed by atoms with Crippen molar-refractivity contribution in [3.8, 4) is 0 Å². The van der Waals surface area contributed by atoms with Gasteiger partial charge in [-0.25, -0.2) is 0 Å². The molecule has 0 spiro atoms. The minimum atomic E-state index is 0.190. The highest BCUT2D eigenvalue weighted by atomic mass is 16.6. The molecule has 0 aromatic carbocycles. The van der Waals surface area contributed by atoms with E-state index in [0.717, 1.165) is 26.4 Å². The Hall–Kier alpha value is -0.160. The predicted octanol–water partition coefficient (Wildman–Crippen LogP) is 0.579. The maximum absolute atomic E-state index is 8.08. The molecule has 0 aliphatic carbocycles. The quantitative estimate of drug-likeness (QED) is 0.508. The van der Waals surface area contributed by atoms with Crippen molar-refractivity contribution in [3.05, 3.63) is 0 Å². The molecule has 14 heavy (non-hydrogen) atoms. The zero-order chi connectivity index (χ0) is 10.2. The molecule has 0 aromatic rings. The highest BCUT2D eigenvalue weighted by Crippen LogP contribution is 2.08. The van der Waals surface area contributed by atoms with Crippen LogP contribution in [-0.2, 0) is 14.2 Å². The van der Waals surface area contributed by atoms with Crippen LogP contribution in [0.15, 0.2) is 0 Å². The molecule has 2 heterocycles. The van der Waals surface area contributed by atoms with Crippen LogP contribution >= 0.6 is 0 Å². The fourth-order valence-corrected chi connectivity index (χ4v) is 0.799. The van der Waals surface area contributed by atoms with E-state index in [4.69, 9.17) is 14.6 Å². The fraction of sp³-hybridized carbons (Fsp3) is 1.00. The van der Waals surface area contributed by atoms with E-state index >= 15 is 0 Å². The maximum Gasteiger partial charge on any atom is 0.104 e. The molecule has 2 unspecified atom stereocenters. The Morgan fingerprint density at radius 2 is 1.93 bits per heavy atom. The van der Waals surface area contributed by atoms with Gasteiger partial charge in [-0.3, -0.25) is 0 Å². The second-order valence-electron chi connectivity index (χ2n) is 3.52. The van der Waals surface area contributed by atoms with Gasteiger partial charge in [0, 0.05) is 6.61 Å². The Kier molecular flexibility index (Phi) is 6.10. The van der Waals surface area contributed by atoms with E-state index in [1.165, 1.54) is 12.8 Å². The molecule has 4 heteroatoms. The van der Waals surface area contributed by atoms with E-state index in [-0.39, 0.29) is 12.7 Å². The number of hydrogen-bond acceptors (Lipinski definition) is 4. The minimum absolute atomic E-state index is 0.190. The van der Waals surface area contributed by atoms with Crippen molar-refractivity contribution >= 4 is 0 Å². The van der Waals surface area contributed by atoms with Gasteiger partial charge in [0.15, 0.2) is 0 Å². The van der Waals surface area contributed by atoms with Gasteiger partial charge in [0.05, 0.1) is 26.4 Å². The van der Waals surface area contributed by atoms with Crippen molar-refractivity contribution in [1.82, 2.24) is 0 Å². The molecule has 2 aliphatic heterocycles. The molecule has 1 N–H and O–H groups in total. The van der Waals surface area contributed by atoms with Crippen molar-refractivity contribution in [3.63, 3.8) is 0 Å². The third kappa shape index (κ3) is 7.26. The molecule has 2 rings (SSSR count). The third-order valence-corrected chi connectivity index (χ3v) is 1.95. The zero-order valence-electron chi connectivity index (χ0n) is 8.78. The summed E-state index contributed by atoms with van der Waals surface area (Å²) in [7, 11) is 0. The second-order valence-corrected chi connectivity index (χ2v) is 3.52. The average molecular weight is 204 g/mol. The zero-order valence-corrected chi connectivity index (χ0v) is 8.78. The first-order chi connectivity index (χ1) is 6.86. The largest absolute Gasteiger partial charge is 0.394 e. The van der Waals surface area contributed by atoms with E-state index in [1.807, 2.05) is 0 Å². The van der Waals surface area contributed by atoms with Gasteiger partial charge in [-0.1, -0.05) is 13.3 Å². The summed E-state index contributed by atoms with van der Waals surface area (Å²) in [4.78, 5) is 0. The number of ether oxygens (including phenoxy) is 3. The SMILES string of the molecule is CCCCOCC1CO1.OCC1CO1. The lowest BCUT2D eigenvalue weighted by Crippen LogP contribution is -2.01. The summed E-state index contributed by atoms with van der Waals surface area (Å²) in [5.41, 5.74) is 0. The highest BCUT2D eigenvalue weighted by molar-refractivity contribution is 4.66. The van der Waals surface area contributed by atoms with Gasteiger partial charge in [-0.2, -0.15) is 0 Å². The van der Waals surface area contributed by atoms with Crippen LogP contribution in [0, 0.1) is 0 Å². The van der Waals surface area contributed by atoms with Crippen LogP contribution in [0.25, 0.3) is 0 Å². The summed E-state index contributed by atoms with van der Waals surface area (Å²) in [6.45, 7) is 5.73. The summed E-state index contributed by atoms with van der Waals surface area (Å²) in [5.74, 6) is 0. The molecule has 2 fully saturated rings. The molecule has 0 bridgehead atoms. The average Bonchev–Trinajstić information content (AvgIpc) is 3.06. The van der Waals surface area contributed by atoms with Gasteiger partial charge in [0.25, 0.3) is 0 Å². The van der Waals surface area contributed by atoms with Crippen LogP contribution in [-0.4, -0.2) is 50.3 Å². The van der Waals surface area contributed by atoms with Crippen LogP contribution in [0.3, 0.4) is 0 Å². The molecule has 0 amide bonds. The molecule has 0 saturated carbocycles. The Morgan fingerprint density at radius 3 is 2.29 bits per heavy atom. The van der Waals surface area contributed by atoms with Crippen LogP contribution in [0.2, 0.25) is 0 Å².